The molecule has 7 heteroatoms. The summed E-state index contributed by atoms with van der Waals surface area (Å²) in [7, 11) is 0. The van der Waals surface area contributed by atoms with Crippen LogP contribution in [0.4, 0.5) is 20.2 Å². The Balaban J connectivity index is 0.00000343. The standard InChI is InChI=1S/C37H18F2N4.Pt/c1-40-33-21-23(17-19-29(33)38)31-13-7-15-35(42-31)37(27-11-5-3-9-25(27)26-10-4-6-12-28(26)37)36-16-8-14-32(43-36)24-18-20-30(39)34(22-24)41-2;/h3-16,19-22H;/q-2;+2. The number of pyridine rings is 2. The van der Waals surface area contributed by atoms with Crippen molar-refractivity contribution in [3.8, 4) is 33.6 Å². The molecule has 6 aromatic rings. The fourth-order valence-electron chi connectivity index (χ4n) is 5.90. The second kappa shape index (κ2) is 11.4. The van der Waals surface area contributed by atoms with Crippen molar-refractivity contribution in [2.75, 3.05) is 0 Å². The number of hydrogen-bond acceptors (Lipinski definition) is 2. The molecule has 0 bridgehead atoms. The maximum absolute atomic E-state index is 14.2. The Morgan fingerprint density at radius 2 is 1.02 bits per heavy atom. The number of nitrogens with zero attached hydrogens (tertiary/aromatic N) is 4. The van der Waals surface area contributed by atoms with Crippen LogP contribution in [-0.2, 0) is 26.5 Å². The number of halogens is 2. The van der Waals surface area contributed by atoms with Crippen molar-refractivity contribution < 1.29 is 29.8 Å². The maximum atomic E-state index is 14.2. The quantitative estimate of drug-likeness (QED) is 0.168. The molecule has 0 unspecified atom stereocenters. The van der Waals surface area contributed by atoms with Crippen LogP contribution in [0.25, 0.3) is 43.3 Å². The van der Waals surface area contributed by atoms with Gasteiger partial charge < -0.3 is 0 Å². The number of rotatable bonds is 4. The normalized spacial score (nSPS) is 12.3. The monoisotopic (exact) mass is 751 g/mol. The van der Waals surface area contributed by atoms with Crippen LogP contribution in [0.2, 0.25) is 0 Å². The smallest absolute Gasteiger partial charge is 0.300 e. The summed E-state index contributed by atoms with van der Waals surface area (Å²) < 4.78 is 28.3. The number of benzene rings is 4. The zero-order valence-corrected chi connectivity index (χ0v) is 25.0. The third-order valence-electron chi connectivity index (χ3n) is 7.77. The Hall–Kier alpha value is -5.29. The third-order valence-corrected chi connectivity index (χ3v) is 7.77. The van der Waals surface area contributed by atoms with Gasteiger partial charge >= 0.3 is 21.1 Å². The van der Waals surface area contributed by atoms with E-state index in [0.29, 0.717) is 33.9 Å². The van der Waals surface area contributed by atoms with Crippen LogP contribution in [-0.4, -0.2) is 9.97 Å². The first-order valence-corrected chi connectivity index (χ1v) is 13.4. The molecular formula is C37H18F2N4Pt. The third kappa shape index (κ3) is 4.44. The zero-order chi connectivity index (χ0) is 29.6. The molecule has 0 saturated heterocycles. The molecule has 0 aliphatic heterocycles. The molecule has 1 aliphatic carbocycles. The first kappa shape index (κ1) is 28.8. The first-order valence-electron chi connectivity index (χ1n) is 13.4. The average molecular weight is 752 g/mol. The molecule has 0 radical (unpaired) electrons. The zero-order valence-electron chi connectivity index (χ0n) is 22.8. The van der Waals surface area contributed by atoms with E-state index in [9.17, 15) is 8.78 Å². The van der Waals surface area contributed by atoms with Gasteiger partial charge in [0.1, 0.15) is 16.8 Å². The van der Waals surface area contributed by atoms with E-state index in [1.165, 1.54) is 12.1 Å². The van der Waals surface area contributed by atoms with Gasteiger partial charge in [0.05, 0.1) is 24.5 Å². The molecule has 0 saturated carbocycles. The number of hydrogen-bond donors (Lipinski definition) is 0. The van der Waals surface area contributed by atoms with E-state index in [1.807, 2.05) is 60.7 Å². The van der Waals surface area contributed by atoms with Crippen LogP contribution in [0.15, 0.2) is 109 Å². The Kier molecular flexibility index (Phi) is 7.48. The molecule has 2 heterocycles. The van der Waals surface area contributed by atoms with Gasteiger partial charge in [0.15, 0.2) is 0 Å². The van der Waals surface area contributed by atoms with Crippen LogP contribution in [0.5, 0.6) is 0 Å². The summed E-state index contributed by atoms with van der Waals surface area (Å²) >= 11 is 0. The molecule has 2 aromatic heterocycles. The topological polar surface area (TPSA) is 34.5 Å². The van der Waals surface area contributed by atoms with Crippen LogP contribution in [0.1, 0.15) is 22.5 Å². The van der Waals surface area contributed by atoms with Gasteiger partial charge in [-0.2, -0.15) is 0 Å². The molecule has 4 aromatic carbocycles. The molecule has 0 fully saturated rings. The summed E-state index contributed by atoms with van der Waals surface area (Å²) in [6.45, 7) is 14.7. The molecule has 210 valence electrons. The molecule has 0 atom stereocenters. The predicted octanol–water partition coefficient (Wildman–Crippen LogP) is 9.15. The minimum atomic E-state index is -0.954. The van der Waals surface area contributed by atoms with Crippen LogP contribution < -0.4 is 0 Å². The van der Waals surface area contributed by atoms with Crippen molar-refractivity contribution in [1.29, 1.82) is 0 Å². The van der Waals surface area contributed by atoms with Gasteiger partial charge in [-0.25, -0.2) is 0 Å². The fourth-order valence-corrected chi connectivity index (χ4v) is 5.90. The van der Waals surface area contributed by atoms with E-state index >= 15 is 0 Å². The molecule has 0 spiro atoms. The van der Waals surface area contributed by atoms with E-state index in [4.69, 9.17) is 23.1 Å². The maximum Gasteiger partial charge on any atom is 2.00 e. The van der Waals surface area contributed by atoms with Gasteiger partial charge in [0, 0.05) is 11.6 Å². The molecule has 44 heavy (non-hydrogen) atoms. The van der Waals surface area contributed by atoms with Crippen molar-refractivity contribution >= 4 is 11.4 Å². The van der Waals surface area contributed by atoms with Crippen LogP contribution in [0, 0.1) is 36.9 Å². The number of fused-ring (bicyclic) bond motifs is 3. The minimum Gasteiger partial charge on any atom is -0.300 e. The second-order valence-electron chi connectivity index (χ2n) is 10.0. The first-order chi connectivity index (χ1) is 21.0. The van der Waals surface area contributed by atoms with Gasteiger partial charge in [-0.3, -0.25) is 28.4 Å². The summed E-state index contributed by atoms with van der Waals surface area (Å²) in [5.74, 6) is -1.27. The van der Waals surface area contributed by atoms with Gasteiger partial charge in [-0.1, -0.05) is 72.8 Å². The average Bonchev–Trinajstić information content (AvgIpc) is 3.36. The Bertz CT molecular complexity index is 2010. The molecule has 0 amide bonds. The summed E-state index contributed by atoms with van der Waals surface area (Å²) in [5, 5.41) is 0. The summed E-state index contributed by atoms with van der Waals surface area (Å²) in [6.07, 6.45) is 0. The molecule has 7 rings (SSSR count). The summed E-state index contributed by atoms with van der Waals surface area (Å²) in [5.41, 5.74) is 6.34. The van der Waals surface area contributed by atoms with Crippen molar-refractivity contribution in [1.82, 2.24) is 9.97 Å². The Morgan fingerprint density at radius 3 is 1.45 bits per heavy atom. The van der Waals surface area contributed by atoms with Crippen molar-refractivity contribution in [2.45, 2.75) is 5.41 Å². The second-order valence-corrected chi connectivity index (χ2v) is 10.0. The van der Waals surface area contributed by atoms with Crippen LogP contribution >= 0.6 is 0 Å². The molecule has 1 aliphatic rings. The Labute approximate surface area is 267 Å². The van der Waals surface area contributed by atoms with E-state index in [2.05, 4.69) is 46.1 Å². The summed E-state index contributed by atoms with van der Waals surface area (Å²) in [6, 6.07) is 38.6. The van der Waals surface area contributed by atoms with Crippen molar-refractivity contribution in [3.63, 3.8) is 0 Å². The van der Waals surface area contributed by atoms with Gasteiger partial charge in [-0.05, 0) is 45.8 Å². The van der Waals surface area contributed by atoms with Gasteiger partial charge in [-0.15, -0.1) is 47.5 Å². The Morgan fingerprint density at radius 1 is 0.591 bits per heavy atom. The van der Waals surface area contributed by atoms with Crippen molar-refractivity contribution in [3.05, 3.63) is 178 Å². The van der Waals surface area contributed by atoms with Crippen molar-refractivity contribution in [2.24, 2.45) is 0 Å². The van der Waals surface area contributed by atoms with E-state index in [1.54, 1.807) is 0 Å². The van der Waals surface area contributed by atoms with E-state index < -0.39 is 17.0 Å². The van der Waals surface area contributed by atoms with E-state index in [0.717, 1.165) is 34.4 Å². The summed E-state index contributed by atoms with van der Waals surface area (Å²) in [4.78, 5) is 16.9. The van der Waals surface area contributed by atoms with Gasteiger partial charge in [0.2, 0.25) is 0 Å². The predicted molar refractivity (Wildman–Crippen MR) is 160 cm³/mol. The van der Waals surface area contributed by atoms with Crippen LogP contribution in [0.3, 0.4) is 0 Å². The van der Waals surface area contributed by atoms with Gasteiger partial charge in [0.25, 0.3) is 0 Å². The molecule has 4 nitrogen and oxygen atoms in total. The molecule has 0 N–H and O–H groups in total. The minimum absolute atomic E-state index is 0. The fraction of sp³-hybridized carbons (Fsp3) is 0.0270. The largest absolute Gasteiger partial charge is 2.00 e. The molecular weight excluding hydrogens is 734 g/mol. The van der Waals surface area contributed by atoms with E-state index in [-0.39, 0.29) is 32.4 Å². The number of aromatic nitrogens is 2. The SMILES string of the molecule is [C-]#[N+]c1cc(-c2cccc(C3(c4cccc(-c5[c-]cc(F)c([N+]#[C-])c5)n4)c4ccccc4-c4ccccc43)n2)[c-]cc1F.[Pt+2].